The molecular formula is C15H24O2. The summed E-state index contributed by atoms with van der Waals surface area (Å²) in [6.07, 6.45) is 7.79. The van der Waals surface area contributed by atoms with Gasteiger partial charge in [0, 0.05) is 0 Å². The van der Waals surface area contributed by atoms with Gasteiger partial charge in [0.05, 0.1) is 6.61 Å². The molecule has 0 saturated heterocycles. The third kappa shape index (κ3) is 1.29. The molecule has 0 aromatic carbocycles. The molecule has 4 aliphatic rings. The first kappa shape index (κ1) is 11.7. The van der Waals surface area contributed by atoms with Crippen LogP contribution in [0.5, 0.6) is 0 Å². The predicted molar refractivity (Wildman–Crippen MR) is 67.4 cm³/mol. The van der Waals surface area contributed by atoms with Crippen molar-refractivity contribution in [1.82, 2.24) is 0 Å². The summed E-state index contributed by atoms with van der Waals surface area (Å²) in [4.78, 5) is 0. The molecule has 0 spiro atoms. The first-order valence-electron chi connectivity index (χ1n) is 6.86. The lowest BCUT2D eigenvalue weighted by Crippen LogP contribution is -2.28. The molecule has 96 valence electrons. The summed E-state index contributed by atoms with van der Waals surface area (Å²) in [6, 6.07) is 0. The molecule has 0 amide bonds. The highest BCUT2D eigenvalue weighted by Gasteiger charge is 2.80. The van der Waals surface area contributed by atoms with Crippen LogP contribution in [0.3, 0.4) is 0 Å². The standard InChI is InChI=1S/C15H24O2/c1-13(17,9-16)5-4-6-14(2)10-7-11-12(8-10)15(11,14)3/h4-5,10-12,16-17H,6-9H2,1-3H3/b5-4+/t10?,11?,12?,13?,14-,15?/m1/s1. The van der Waals surface area contributed by atoms with Gasteiger partial charge >= 0.3 is 0 Å². The maximum Gasteiger partial charge on any atom is 0.103 e. The summed E-state index contributed by atoms with van der Waals surface area (Å²) in [5.41, 5.74) is -0.0424. The summed E-state index contributed by atoms with van der Waals surface area (Å²) in [5.74, 6) is 2.87. The predicted octanol–water partition coefficient (Wildman–Crippen LogP) is 2.36. The summed E-state index contributed by atoms with van der Waals surface area (Å²) < 4.78 is 0. The Kier molecular flexibility index (Phi) is 2.18. The highest BCUT2D eigenvalue weighted by atomic mass is 16.3. The van der Waals surface area contributed by atoms with E-state index in [1.165, 1.54) is 12.8 Å². The molecule has 17 heavy (non-hydrogen) atoms. The van der Waals surface area contributed by atoms with Gasteiger partial charge in [-0.3, -0.25) is 0 Å². The molecule has 0 heterocycles. The number of hydrogen-bond donors (Lipinski definition) is 2. The third-order valence-electron chi connectivity index (χ3n) is 6.46. The van der Waals surface area contributed by atoms with E-state index >= 15 is 0 Å². The molecule has 0 aromatic heterocycles. The van der Waals surface area contributed by atoms with Crippen LogP contribution in [-0.2, 0) is 0 Å². The van der Waals surface area contributed by atoms with Crippen molar-refractivity contribution in [3.63, 3.8) is 0 Å². The van der Waals surface area contributed by atoms with Crippen LogP contribution >= 0.6 is 0 Å². The first-order chi connectivity index (χ1) is 7.85. The summed E-state index contributed by atoms with van der Waals surface area (Å²) in [5, 5.41) is 18.8. The normalized spacial score (nSPS) is 54.3. The van der Waals surface area contributed by atoms with Gasteiger partial charge in [0.2, 0.25) is 0 Å². The van der Waals surface area contributed by atoms with E-state index in [4.69, 9.17) is 5.11 Å². The van der Waals surface area contributed by atoms with Crippen LogP contribution in [0, 0.1) is 28.6 Å². The molecule has 4 rings (SSSR count). The fourth-order valence-electron chi connectivity index (χ4n) is 5.03. The summed E-state index contributed by atoms with van der Waals surface area (Å²) >= 11 is 0. The van der Waals surface area contributed by atoms with Crippen LogP contribution in [0.1, 0.15) is 40.0 Å². The van der Waals surface area contributed by atoms with Gasteiger partial charge in [0.1, 0.15) is 5.60 Å². The zero-order valence-corrected chi connectivity index (χ0v) is 11.1. The van der Waals surface area contributed by atoms with Gasteiger partial charge in [-0.05, 0) is 54.8 Å². The Labute approximate surface area is 104 Å². The molecule has 2 N–H and O–H groups in total. The average Bonchev–Trinajstić information content (AvgIpc) is 2.63. The van der Waals surface area contributed by atoms with Crippen LogP contribution in [0.15, 0.2) is 12.2 Å². The van der Waals surface area contributed by atoms with Crippen molar-refractivity contribution in [3.05, 3.63) is 12.2 Å². The Morgan fingerprint density at radius 1 is 1.29 bits per heavy atom. The number of rotatable bonds is 4. The van der Waals surface area contributed by atoms with Crippen molar-refractivity contribution in [2.45, 2.75) is 45.6 Å². The van der Waals surface area contributed by atoms with Crippen LogP contribution in [0.2, 0.25) is 0 Å². The van der Waals surface area contributed by atoms with E-state index in [0.29, 0.717) is 10.8 Å². The molecule has 4 saturated carbocycles. The minimum Gasteiger partial charge on any atom is -0.393 e. The summed E-state index contributed by atoms with van der Waals surface area (Å²) in [6.45, 7) is 6.35. The SMILES string of the molecule is CC(O)(/C=C/C[C@]1(C)C2CC3C(C2)C31C)CO. The van der Waals surface area contributed by atoms with E-state index < -0.39 is 5.60 Å². The Hall–Kier alpha value is -0.340. The first-order valence-corrected chi connectivity index (χ1v) is 6.86. The van der Waals surface area contributed by atoms with Crippen molar-refractivity contribution in [1.29, 1.82) is 0 Å². The second kappa shape index (κ2) is 3.16. The fourth-order valence-corrected chi connectivity index (χ4v) is 5.03. The Bertz CT molecular complexity index is 359. The highest BCUT2D eigenvalue weighted by Crippen LogP contribution is 2.86. The maximum atomic E-state index is 9.76. The van der Waals surface area contributed by atoms with Crippen molar-refractivity contribution in [2.75, 3.05) is 6.61 Å². The number of aliphatic hydroxyl groups excluding tert-OH is 1. The fraction of sp³-hybridized carbons (Fsp3) is 0.867. The Morgan fingerprint density at radius 2 is 1.88 bits per heavy atom. The van der Waals surface area contributed by atoms with Gasteiger partial charge in [-0.15, -0.1) is 0 Å². The minimum atomic E-state index is -1.05. The molecule has 0 radical (unpaired) electrons. The molecule has 0 aromatic rings. The van der Waals surface area contributed by atoms with Crippen molar-refractivity contribution in [3.8, 4) is 0 Å². The summed E-state index contributed by atoms with van der Waals surface area (Å²) in [7, 11) is 0. The van der Waals surface area contributed by atoms with Gasteiger partial charge in [0.15, 0.2) is 0 Å². The third-order valence-corrected chi connectivity index (χ3v) is 6.46. The number of aliphatic hydroxyl groups is 2. The molecule has 4 bridgehead atoms. The molecule has 4 aliphatic carbocycles. The van der Waals surface area contributed by atoms with Crippen LogP contribution in [-0.4, -0.2) is 22.4 Å². The number of hydrogen-bond acceptors (Lipinski definition) is 2. The minimum absolute atomic E-state index is 0.202. The van der Waals surface area contributed by atoms with Crippen LogP contribution < -0.4 is 0 Å². The van der Waals surface area contributed by atoms with Gasteiger partial charge in [0.25, 0.3) is 0 Å². The van der Waals surface area contributed by atoms with Crippen molar-refractivity contribution >= 4 is 0 Å². The second-order valence-corrected chi connectivity index (χ2v) is 7.20. The molecule has 2 heteroatoms. The molecule has 0 aliphatic heterocycles. The van der Waals surface area contributed by atoms with Gasteiger partial charge in [-0.25, -0.2) is 0 Å². The molecule has 4 atom stereocenters. The molecule has 4 fully saturated rings. The monoisotopic (exact) mass is 236 g/mol. The topological polar surface area (TPSA) is 40.5 Å². The highest BCUT2D eigenvalue weighted by molar-refractivity contribution is 5.29. The largest absolute Gasteiger partial charge is 0.393 e. The lowest BCUT2D eigenvalue weighted by atomic mass is 9.71. The molecule has 2 nitrogen and oxygen atoms in total. The van der Waals surface area contributed by atoms with E-state index in [2.05, 4.69) is 19.9 Å². The van der Waals surface area contributed by atoms with E-state index in [9.17, 15) is 5.11 Å². The van der Waals surface area contributed by atoms with E-state index in [1.54, 1.807) is 13.0 Å². The van der Waals surface area contributed by atoms with Crippen LogP contribution in [0.25, 0.3) is 0 Å². The van der Waals surface area contributed by atoms with Crippen molar-refractivity contribution < 1.29 is 10.2 Å². The lowest BCUT2D eigenvalue weighted by molar-refractivity contribution is 0.0428. The van der Waals surface area contributed by atoms with Gasteiger partial charge in [-0.2, -0.15) is 0 Å². The lowest BCUT2D eigenvalue weighted by Gasteiger charge is -2.33. The van der Waals surface area contributed by atoms with Crippen molar-refractivity contribution in [2.24, 2.45) is 28.6 Å². The maximum absolute atomic E-state index is 9.76. The van der Waals surface area contributed by atoms with Gasteiger partial charge < -0.3 is 10.2 Å². The Morgan fingerprint density at radius 3 is 2.29 bits per heavy atom. The zero-order valence-electron chi connectivity index (χ0n) is 11.1. The quantitative estimate of drug-likeness (QED) is 0.736. The van der Waals surface area contributed by atoms with E-state index in [1.807, 2.05) is 0 Å². The van der Waals surface area contributed by atoms with Gasteiger partial charge in [-0.1, -0.05) is 26.0 Å². The van der Waals surface area contributed by atoms with Crippen LogP contribution in [0.4, 0.5) is 0 Å². The average molecular weight is 236 g/mol. The number of allylic oxidation sites excluding steroid dienone is 1. The van der Waals surface area contributed by atoms with E-state index in [0.717, 1.165) is 24.2 Å². The Balaban J connectivity index is 1.71. The second-order valence-electron chi connectivity index (χ2n) is 7.20. The van der Waals surface area contributed by atoms with E-state index in [-0.39, 0.29) is 6.61 Å². The molecular weight excluding hydrogens is 212 g/mol. The smallest absolute Gasteiger partial charge is 0.103 e. The molecule has 3 unspecified atom stereocenters. The zero-order chi connectivity index (χ0) is 12.5.